The molecular weight excluding hydrogens is 340 g/mol. The van der Waals surface area contributed by atoms with Crippen LogP contribution in [0.25, 0.3) is 0 Å². The summed E-state index contributed by atoms with van der Waals surface area (Å²) in [5, 5.41) is 6.85. The van der Waals surface area contributed by atoms with Crippen molar-refractivity contribution in [1.82, 2.24) is 9.97 Å². The molecule has 1 aromatic heterocycles. The third-order valence-electron chi connectivity index (χ3n) is 4.78. The van der Waals surface area contributed by atoms with Crippen molar-refractivity contribution < 1.29 is 9.47 Å². The number of hydrogen-bond acceptors (Lipinski definition) is 6. The van der Waals surface area contributed by atoms with Crippen LogP contribution in [0.1, 0.15) is 44.2 Å². The number of benzene rings is 1. The fraction of sp³-hybridized carbons (Fsp3) is 0.524. The Labute approximate surface area is 161 Å². The molecule has 0 bridgehead atoms. The van der Waals surface area contributed by atoms with Crippen molar-refractivity contribution in [1.29, 1.82) is 0 Å². The molecule has 6 heteroatoms. The van der Waals surface area contributed by atoms with Crippen LogP contribution in [-0.2, 0) is 0 Å². The van der Waals surface area contributed by atoms with Gasteiger partial charge in [0, 0.05) is 17.8 Å². The van der Waals surface area contributed by atoms with Gasteiger partial charge in [-0.2, -0.15) is 4.98 Å². The Hall–Kier alpha value is -2.50. The molecule has 0 saturated heterocycles. The van der Waals surface area contributed by atoms with Gasteiger partial charge < -0.3 is 20.1 Å². The van der Waals surface area contributed by atoms with Crippen molar-refractivity contribution in [3.8, 4) is 11.5 Å². The van der Waals surface area contributed by atoms with Crippen molar-refractivity contribution in [3.63, 3.8) is 0 Å². The summed E-state index contributed by atoms with van der Waals surface area (Å²) in [6.45, 7) is 3.23. The molecule has 3 rings (SSSR count). The molecule has 0 radical (unpaired) electrons. The molecule has 0 aliphatic heterocycles. The van der Waals surface area contributed by atoms with Gasteiger partial charge in [-0.25, -0.2) is 4.98 Å². The van der Waals surface area contributed by atoms with Crippen LogP contribution in [0.3, 0.4) is 0 Å². The molecule has 1 saturated carbocycles. The number of hydrogen-bond donors (Lipinski definition) is 2. The van der Waals surface area contributed by atoms with Crippen molar-refractivity contribution in [2.24, 2.45) is 0 Å². The van der Waals surface area contributed by atoms with E-state index in [1.54, 1.807) is 7.11 Å². The van der Waals surface area contributed by atoms with Gasteiger partial charge in [0.15, 0.2) is 0 Å². The highest BCUT2D eigenvalue weighted by Gasteiger charge is 2.13. The molecular formula is C21H30N4O2. The fourth-order valence-electron chi connectivity index (χ4n) is 3.35. The minimum absolute atomic E-state index is 0.487. The Morgan fingerprint density at radius 1 is 1.00 bits per heavy atom. The van der Waals surface area contributed by atoms with Crippen LogP contribution in [0.15, 0.2) is 30.3 Å². The van der Waals surface area contributed by atoms with E-state index in [2.05, 4.69) is 20.6 Å². The maximum Gasteiger partial charge on any atom is 0.225 e. The summed E-state index contributed by atoms with van der Waals surface area (Å²) in [6.07, 6.45) is 7.67. The molecule has 2 N–H and O–H groups in total. The first kappa shape index (κ1) is 19.3. The molecule has 6 nitrogen and oxygen atoms in total. The molecule has 0 unspecified atom stereocenters. The van der Waals surface area contributed by atoms with Gasteiger partial charge in [-0.05, 0) is 44.0 Å². The van der Waals surface area contributed by atoms with E-state index in [1.807, 2.05) is 37.3 Å². The minimum Gasteiger partial charge on any atom is -0.497 e. The van der Waals surface area contributed by atoms with E-state index in [0.29, 0.717) is 19.2 Å². The van der Waals surface area contributed by atoms with Gasteiger partial charge >= 0.3 is 0 Å². The molecule has 1 aliphatic rings. The molecule has 1 aliphatic carbocycles. The number of aryl methyl sites for hydroxylation is 1. The average Bonchev–Trinajstić information content (AvgIpc) is 2.94. The number of nitrogens with one attached hydrogen (secondary N) is 2. The minimum atomic E-state index is 0.487. The third-order valence-corrected chi connectivity index (χ3v) is 4.78. The maximum absolute atomic E-state index is 5.75. The number of rotatable bonds is 8. The SMILES string of the molecule is COc1ccc(OCCNc2cc(C)nc(NC3CCCCCC3)n2)cc1. The number of ether oxygens (including phenoxy) is 2. The van der Waals surface area contributed by atoms with Gasteiger partial charge in [-0.3, -0.25) is 0 Å². The van der Waals surface area contributed by atoms with Gasteiger partial charge in [0.2, 0.25) is 5.95 Å². The quantitative estimate of drug-likeness (QED) is 0.530. The highest BCUT2D eigenvalue weighted by atomic mass is 16.5. The lowest BCUT2D eigenvalue weighted by atomic mass is 10.1. The Bertz CT molecular complexity index is 698. The summed E-state index contributed by atoms with van der Waals surface area (Å²) in [5.41, 5.74) is 0.958. The van der Waals surface area contributed by atoms with Crippen LogP contribution >= 0.6 is 0 Å². The molecule has 1 heterocycles. The van der Waals surface area contributed by atoms with Gasteiger partial charge in [0.25, 0.3) is 0 Å². The van der Waals surface area contributed by atoms with Crippen LogP contribution in [0.5, 0.6) is 11.5 Å². The summed E-state index contributed by atoms with van der Waals surface area (Å²) >= 11 is 0. The van der Waals surface area contributed by atoms with E-state index in [9.17, 15) is 0 Å². The lowest BCUT2D eigenvalue weighted by molar-refractivity contribution is 0.331. The molecule has 1 aromatic carbocycles. The highest BCUT2D eigenvalue weighted by Crippen LogP contribution is 2.21. The monoisotopic (exact) mass is 370 g/mol. The van der Waals surface area contributed by atoms with E-state index >= 15 is 0 Å². The molecule has 0 amide bonds. The van der Waals surface area contributed by atoms with Gasteiger partial charge in [-0.15, -0.1) is 0 Å². The van der Waals surface area contributed by atoms with Crippen molar-refractivity contribution in [2.45, 2.75) is 51.5 Å². The number of nitrogens with zero attached hydrogens (tertiary/aromatic N) is 2. The van der Waals surface area contributed by atoms with Gasteiger partial charge in [0.1, 0.15) is 23.9 Å². The third kappa shape index (κ3) is 6.31. The average molecular weight is 370 g/mol. The van der Waals surface area contributed by atoms with Crippen LogP contribution in [0, 0.1) is 6.92 Å². The van der Waals surface area contributed by atoms with Crippen molar-refractivity contribution >= 4 is 11.8 Å². The second kappa shape index (κ2) is 10.00. The second-order valence-electron chi connectivity index (χ2n) is 7.00. The van der Waals surface area contributed by atoms with E-state index in [1.165, 1.54) is 38.5 Å². The smallest absolute Gasteiger partial charge is 0.225 e. The van der Waals surface area contributed by atoms with E-state index in [0.717, 1.165) is 29.0 Å². The van der Waals surface area contributed by atoms with Crippen LogP contribution in [-0.4, -0.2) is 36.3 Å². The van der Waals surface area contributed by atoms with E-state index in [-0.39, 0.29) is 0 Å². The molecule has 2 aromatic rings. The standard InChI is InChI=1S/C21H30N4O2/c1-16-15-20(22-13-14-27-19-11-9-18(26-2)10-12-19)25-21(23-16)24-17-7-5-3-4-6-8-17/h9-12,15,17H,3-8,13-14H2,1-2H3,(H2,22,23,24,25). The molecule has 0 atom stereocenters. The Morgan fingerprint density at radius 2 is 1.70 bits per heavy atom. The van der Waals surface area contributed by atoms with Crippen LogP contribution in [0.2, 0.25) is 0 Å². The summed E-state index contributed by atoms with van der Waals surface area (Å²) in [6, 6.07) is 10.0. The Balaban J connectivity index is 1.48. The summed E-state index contributed by atoms with van der Waals surface area (Å²) in [4.78, 5) is 9.17. The largest absolute Gasteiger partial charge is 0.497 e. The lowest BCUT2D eigenvalue weighted by Gasteiger charge is -2.17. The number of methoxy groups -OCH3 is 1. The van der Waals surface area contributed by atoms with Crippen molar-refractivity contribution in [2.75, 3.05) is 30.9 Å². The maximum atomic E-state index is 5.75. The zero-order valence-electron chi connectivity index (χ0n) is 16.3. The van der Waals surface area contributed by atoms with Crippen LogP contribution < -0.4 is 20.1 Å². The first-order chi connectivity index (χ1) is 13.2. The Kier molecular flexibility index (Phi) is 7.13. The predicted molar refractivity (Wildman–Crippen MR) is 109 cm³/mol. The first-order valence-corrected chi connectivity index (χ1v) is 9.86. The number of aromatic nitrogens is 2. The highest BCUT2D eigenvalue weighted by molar-refractivity contribution is 5.42. The topological polar surface area (TPSA) is 68.3 Å². The first-order valence-electron chi connectivity index (χ1n) is 9.86. The fourth-order valence-corrected chi connectivity index (χ4v) is 3.35. The summed E-state index contributed by atoms with van der Waals surface area (Å²) in [5.74, 6) is 3.20. The van der Waals surface area contributed by atoms with Gasteiger partial charge in [0.05, 0.1) is 13.7 Å². The second-order valence-corrected chi connectivity index (χ2v) is 7.00. The number of anilines is 2. The molecule has 1 fully saturated rings. The van der Waals surface area contributed by atoms with Crippen molar-refractivity contribution in [3.05, 3.63) is 36.0 Å². The zero-order chi connectivity index (χ0) is 18.9. The molecule has 146 valence electrons. The summed E-state index contributed by atoms with van der Waals surface area (Å²) < 4.78 is 10.9. The van der Waals surface area contributed by atoms with E-state index in [4.69, 9.17) is 9.47 Å². The predicted octanol–water partition coefficient (Wildman–Crippen LogP) is 4.42. The normalized spacial score (nSPS) is 15.0. The Morgan fingerprint density at radius 3 is 2.41 bits per heavy atom. The van der Waals surface area contributed by atoms with Gasteiger partial charge in [-0.1, -0.05) is 25.7 Å². The van der Waals surface area contributed by atoms with E-state index < -0.39 is 0 Å². The summed E-state index contributed by atoms with van der Waals surface area (Å²) in [7, 11) is 1.66. The van der Waals surface area contributed by atoms with Crippen LogP contribution in [0.4, 0.5) is 11.8 Å². The lowest BCUT2D eigenvalue weighted by Crippen LogP contribution is -2.21. The zero-order valence-corrected chi connectivity index (χ0v) is 16.3. The molecule has 0 spiro atoms. The molecule has 27 heavy (non-hydrogen) atoms.